The van der Waals surface area contributed by atoms with Crippen molar-refractivity contribution in [1.29, 1.82) is 0 Å². The highest BCUT2D eigenvalue weighted by Gasteiger charge is 2.32. The molecular weight excluding hydrogens is 391 g/mol. The van der Waals surface area contributed by atoms with E-state index in [0.29, 0.717) is 32.0 Å². The van der Waals surface area contributed by atoms with Crippen molar-refractivity contribution < 1.29 is 32.2 Å². The summed E-state index contributed by atoms with van der Waals surface area (Å²) in [6.45, 7) is 1.84. The molecule has 10 heteroatoms. The van der Waals surface area contributed by atoms with Gasteiger partial charge >= 0.3 is 12.1 Å². The predicted octanol–water partition coefficient (Wildman–Crippen LogP) is 2.98. The standard InChI is InChI=1S/C19H18F3N3O4/c1-28-18(27)12-2-4-14(23-11-12)17(26)24-15-10-13(19(20,21)22)3-5-16(15)25-6-8-29-9-7-25/h2-5,10-11H,6-9H2,1H3,(H,24,26). The van der Waals surface area contributed by atoms with E-state index in [9.17, 15) is 22.8 Å². The Labute approximate surface area is 164 Å². The number of hydrogen-bond acceptors (Lipinski definition) is 6. The first kappa shape index (κ1) is 20.6. The van der Waals surface area contributed by atoms with E-state index < -0.39 is 23.6 Å². The van der Waals surface area contributed by atoms with Crippen LogP contribution < -0.4 is 10.2 Å². The SMILES string of the molecule is COC(=O)c1ccc(C(=O)Nc2cc(C(F)(F)F)ccc2N2CCOCC2)nc1. The van der Waals surface area contributed by atoms with Gasteiger partial charge in [0.15, 0.2) is 0 Å². The third-order valence-electron chi connectivity index (χ3n) is 4.34. The number of amides is 1. The minimum Gasteiger partial charge on any atom is -0.465 e. The van der Waals surface area contributed by atoms with Gasteiger partial charge in [-0.1, -0.05) is 0 Å². The van der Waals surface area contributed by atoms with Crippen molar-refractivity contribution in [2.75, 3.05) is 43.6 Å². The van der Waals surface area contributed by atoms with Gasteiger partial charge in [-0.05, 0) is 30.3 Å². The van der Waals surface area contributed by atoms with E-state index in [1.165, 1.54) is 25.3 Å². The number of morpholine rings is 1. The first-order chi connectivity index (χ1) is 13.8. The number of benzene rings is 1. The van der Waals surface area contributed by atoms with Gasteiger partial charge in [0.2, 0.25) is 0 Å². The normalized spacial score (nSPS) is 14.4. The van der Waals surface area contributed by atoms with E-state index in [-0.39, 0.29) is 16.9 Å². The second-order valence-corrected chi connectivity index (χ2v) is 6.21. The number of hydrogen-bond donors (Lipinski definition) is 1. The van der Waals surface area contributed by atoms with E-state index >= 15 is 0 Å². The molecule has 0 bridgehead atoms. The van der Waals surface area contributed by atoms with Crippen LogP contribution in [0.1, 0.15) is 26.4 Å². The van der Waals surface area contributed by atoms with Crippen LogP contribution in [0.2, 0.25) is 0 Å². The Hall–Kier alpha value is -3.14. The summed E-state index contributed by atoms with van der Waals surface area (Å²) in [6, 6.07) is 5.85. The fourth-order valence-corrected chi connectivity index (χ4v) is 2.85. The van der Waals surface area contributed by atoms with Crippen LogP contribution in [-0.4, -0.2) is 50.3 Å². The summed E-state index contributed by atoms with van der Waals surface area (Å²) in [7, 11) is 1.21. The molecule has 1 fully saturated rings. The average Bonchev–Trinajstić information content (AvgIpc) is 2.73. The Morgan fingerprint density at radius 3 is 2.48 bits per heavy atom. The highest BCUT2D eigenvalue weighted by molar-refractivity contribution is 6.05. The van der Waals surface area contributed by atoms with E-state index in [1.54, 1.807) is 0 Å². The minimum atomic E-state index is -4.55. The third-order valence-corrected chi connectivity index (χ3v) is 4.34. The number of alkyl halides is 3. The molecule has 1 saturated heterocycles. The van der Waals surface area contributed by atoms with Crippen molar-refractivity contribution in [3.63, 3.8) is 0 Å². The number of nitrogens with one attached hydrogen (secondary N) is 1. The van der Waals surface area contributed by atoms with E-state index in [2.05, 4.69) is 15.0 Å². The maximum Gasteiger partial charge on any atom is 0.416 e. The molecule has 1 aliphatic rings. The van der Waals surface area contributed by atoms with Gasteiger partial charge in [0.1, 0.15) is 5.69 Å². The number of methoxy groups -OCH3 is 1. The van der Waals surface area contributed by atoms with Crippen LogP contribution in [0.3, 0.4) is 0 Å². The van der Waals surface area contributed by atoms with Gasteiger partial charge in [0.05, 0.1) is 42.8 Å². The summed E-state index contributed by atoms with van der Waals surface area (Å²) < 4.78 is 49.3. The molecule has 2 aromatic rings. The van der Waals surface area contributed by atoms with E-state index in [1.807, 2.05) is 4.90 Å². The molecule has 1 amide bonds. The molecule has 0 aliphatic carbocycles. The van der Waals surface area contributed by atoms with Gasteiger partial charge in [0.25, 0.3) is 5.91 Å². The quantitative estimate of drug-likeness (QED) is 0.782. The zero-order valence-electron chi connectivity index (χ0n) is 15.5. The van der Waals surface area contributed by atoms with Crippen molar-refractivity contribution in [3.8, 4) is 0 Å². The van der Waals surface area contributed by atoms with Crippen molar-refractivity contribution >= 4 is 23.3 Å². The van der Waals surface area contributed by atoms with Gasteiger partial charge in [0, 0.05) is 19.3 Å². The highest BCUT2D eigenvalue weighted by atomic mass is 19.4. The second-order valence-electron chi connectivity index (χ2n) is 6.21. The van der Waals surface area contributed by atoms with Gasteiger partial charge < -0.3 is 19.7 Å². The zero-order chi connectivity index (χ0) is 21.0. The predicted molar refractivity (Wildman–Crippen MR) is 98.0 cm³/mol. The van der Waals surface area contributed by atoms with Gasteiger partial charge in [-0.2, -0.15) is 13.2 Å². The minimum absolute atomic E-state index is 0.0190. The number of pyridine rings is 1. The highest BCUT2D eigenvalue weighted by Crippen LogP contribution is 2.36. The molecule has 1 aliphatic heterocycles. The number of esters is 1. The molecule has 0 saturated carbocycles. The van der Waals surface area contributed by atoms with Gasteiger partial charge in [-0.3, -0.25) is 9.78 Å². The van der Waals surface area contributed by atoms with Crippen LogP contribution in [0, 0.1) is 0 Å². The van der Waals surface area contributed by atoms with Crippen LogP contribution >= 0.6 is 0 Å². The molecule has 0 atom stereocenters. The topological polar surface area (TPSA) is 80.8 Å². The average molecular weight is 409 g/mol. The van der Waals surface area contributed by atoms with Gasteiger partial charge in [-0.25, -0.2) is 4.79 Å². The molecular formula is C19H18F3N3O4. The molecule has 2 heterocycles. The van der Waals surface area contributed by atoms with Crippen LogP contribution in [0.4, 0.5) is 24.5 Å². The molecule has 0 radical (unpaired) electrons. The lowest BCUT2D eigenvalue weighted by atomic mass is 10.1. The van der Waals surface area contributed by atoms with Crippen molar-refractivity contribution in [3.05, 3.63) is 53.3 Å². The van der Waals surface area contributed by atoms with Crippen molar-refractivity contribution in [1.82, 2.24) is 4.98 Å². The Kier molecular flexibility index (Phi) is 6.02. The summed E-state index contributed by atoms with van der Waals surface area (Å²) in [5, 5.41) is 2.50. The number of carbonyl (C=O) groups excluding carboxylic acids is 2. The number of aromatic nitrogens is 1. The Balaban J connectivity index is 1.88. The molecule has 1 N–H and O–H groups in total. The van der Waals surface area contributed by atoms with Crippen molar-refractivity contribution in [2.24, 2.45) is 0 Å². The summed E-state index contributed by atoms with van der Waals surface area (Å²) in [4.78, 5) is 29.7. The van der Waals surface area contributed by atoms with Crippen LogP contribution in [-0.2, 0) is 15.7 Å². The van der Waals surface area contributed by atoms with E-state index in [0.717, 1.165) is 18.3 Å². The molecule has 0 spiro atoms. The molecule has 0 unspecified atom stereocenters. The number of halogens is 3. The Bertz CT molecular complexity index is 895. The molecule has 29 heavy (non-hydrogen) atoms. The number of carbonyl (C=O) groups is 2. The van der Waals surface area contributed by atoms with Crippen molar-refractivity contribution in [2.45, 2.75) is 6.18 Å². The Morgan fingerprint density at radius 1 is 1.17 bits per heavy atom. The molecule has 154 valence electrons. The lowest BCUT2D eigenvalue weighted by Gasteiger charge is -2.31. The van der Waals surface area contributed by atoms with E-state index in [4.69, 9.17) is 4.74 Å². The third kappa shape index (κ3) is 4.83. The maximum atomic E-state index is 13.2. The van der Waals surface area contributed by atoms with Crippen LogP contribution in [0.25, 0.3) is 0 Å². The fourth-order valence-electron chi connectivity index (χ4n) is 2.85. The summed E-state index contributed by atoms with van der Waals surface area (Å²) in [6.07, 6.45) is -3.39. The summed E-state index contributed by atoms with van der Waals surface area (Å²) >= 11 is 0. The number of nitrogens with zero attached hydrogens (tertiary/aromatic N) is 2. The lowest BCUT2D eigenvalue weighted by Crippen LogP contribution is -2.37. The van der Waals surface area contributed by atoms with Crippen LogP contribution in [0.15, 0.2) is 36.5 Å². The number of rotatable bonds is 4. The molecule has 1 aromatic carbocycles. The zero-order valence-corrected chi connectivity index (χ0v) is 15.5. The lowest BCUT2D eigenvalue weighted by molar-refractivity contribution is -0.137. The molecule has 7 nitrogen and oxygen atoms in total. The monoisotopic (exact) mass is 409 g/mol. The van der Waals surface area contributed by atoms with Crippen LogP contribution in [0.5, 0.6) is 0 Å². The largest absolute Gasteiger partial charge is 0.465 e. The second kappa shape index (κ2) is 8.48. The molecule has 3 rings (SSSR count). The number of ether oxygens (including phenoxy) is 2. The summed E-state index contributed by atoms with van der Waals surface area (Å²) in [5.74, 6) is -1.31. The summed E-state index contributed by atoms with van der Waals surface area (Å²) in [5.41, 5.74) is -0.301. The first-order valence-electron chi connectivity index (χ1n) is 8.69. The molecule has 1 aromatic heterocycles. The smallest absolute Gasteiger partial charge is 0.416 e. The maximum absolute atomic E-state index is 13.2. The fraction of sp³-hybridized carbons (Fsp3) is 0.316. The number of anilines is 2. The van der Waals surface area contributed by atoms with Gasteiger partial charge in [-0.15, -0.1) is 0 Å². The Morgan fingerprint density at radius 2 is 1.90 bits per heavy atom. The first-order valence-corrected chi connectivity index (χ1v) is 8.69.